The van der Waals surface area contributed by atoms with E-state index in [0.717, 1.165) is 21.5 Å². The van der Waals surface area contributed by atoms with E-state index in [9.17, 15) is 10.1 Å². The number of hydrogen-bond donors (Lipinski definition) is 1. The molecule has 0 amide bonds. The molecule has 0 radical (unpaired) electrons. The van der Waals surface area contributed by atoms with Crippen molar-refractivity contribution in [3.63, 3.8) is 0 Å². The number of rotatable bonds is 4. The summed E-state index contributed by atoms with van der Waals surface area (Å²) in [6.45, 7) is 0. The number of thiazole rings is 2. The molecule has 8 heteroatoms. The number of hydrogen-bond acceptors (Lipinski definition) is 7. The average Bonchev–Trinajstić information content (AvgIpc) is 3.09. The van der Waals surface area contributed by atoms with Crippen LogP contribution in [0.3, 0.4) is 0 Å². The van der Waals surface area contributed by atoms with Crippen LogP contribution in [0.5, 0.6) is 0 Å². The zero-order valence-electron chi connectivity index (χ0n) is 10.0. The summed E-state index contributed by atoms with van der Waals surface area (Å²) in [6, 6.07) is 6.22. The van der Waals surface area contributed by atoms with E-state index in [1.165, 1.54) is 34.8 Å². The van der Waals surface area contributed by atoms with E-state index in [-0.39, 0.29) is 5.69 Å². The number of nitro benzene ring substituents is 1. The van der Waals surface area contributed by atoms with Crippen molar-refractivity contribution < 1.29 is 4.92 Å². The Hall–Kier alpha value is -2.32. The maximum atomic E-state index is 10.6. The Morgan fingerprint density at radius 3 is 2.65 bits per heavy atom. The van der Waals surface area contributed by atoms with Crippen LogP contribution in [0.2, 0.25) is 0 Å². The van der Waals surface area contributed by atoms with Crippen LogP contribution in [0.1, 0.15) is 0 Å². The second-order valence-corrected chi connectivity index (χ2v) is 5.56. The fourth-order valence-electron chi connectivity index (χ4n) is 1.57. The summed E-state index contributed by atoms with van der Waals surface area (Å²) in [5, 5.41) is 19.1. The summed E-state index contributed by atoms with van der Waals surface area (Å²) in [4.78, 5) is 18.8. The van der Waals surface area contributed by atoms with Crippen molar-refractivity contribution in [3.05, 3.63) is 51.3 Å². The van der Waals surface area contributed by atoms with Crippen molar-refractivity contribution in [1.29, 1.82) is 0 Å². The Kier molecular flexibility index (Phi) is 3.40. The molecule has 0 atom stereocenters. The molecule has 3 rings (SSSR count). The van der Waals surface area contributed by atoms with E-state index in [1.807, 2.05) is 10.8 Å². The summed E-state index contributed by atoms with van der Waals surface area (Å²) < 4.78 is 0. The molecule has 0 bridgehead atoms. The van der Waals surface area contributed by atoms with Crippen molar-refractivity contribution in [2.24, 2.45) is 0 Å². The predicted octanol–water partition coefficient (Wildman–Crippen LogP) is 3.92. The lowest BCUT2D eigenvalue weighted by molar-refractivity contribution is -0.384. The largest absolute Gasteiger partial charge is 0.332 e. The van der Waals surface area contributed by atoms with Gasteiger partial charge in [-0.15, -0.1) is 22.7 Å². The van der Waals surface area contributed by atoms with Crippen LogP contribution in [-0.2, 0) is 0 Å². The summed E-state index contributed by atoms with van der Waals surface area (Å²) >= 11 is 2.99. The first kappa shape index (κ1) is 12.7. The Bertz CT molecular complexity index is 722. The molecule has 0 saturated heterocycles. The van der Waals surface area contributed by atoms with Gasteiger partial charge in [0.2, 0.25) is 0 Å². The van der Waals surface area contributed by atoms with Crippen molar-refractivity contribution >= 4 is 39.2 Å². The highest BCUT2D eigenvalue weighted by atomic mass is 32.1. The summed E-state index contributed by atoms with van der Waals surface area (Å²) in [5.74, 6) is 0. The Balaban J connectivity index is 1.76. The van der Waals surface area contributed by atoms with Crippen LogP contribution >= 0.6 is 22.7 Å². The average molecular weight is 304 g/mol. The van der Waals surface area contributed by atoms with Crippen LogP contribution in [0.15, 0.2) is 41.2 Å². The lowest BCUT2D eigenvalue weighted by Crippen LogP contribution is -1.91. The van der Waals surface area contributed by atoms with Gasteiger partial charge in [0.1, 0.15) is 10.7 Å². The van der Waals surface area contributed by atoms with Crippen LogP contribution in [-0.4, -0.2) is 14.9 Å². The third kappa shape index (κ3) is 2.65. The van der Waals surface area contributed by atoms with E-state index in [4.69, 9.17) is 0 Å². The van der Waals surface area contributed by atoms with E-state index >= 15 is 0 Å². The first-order valence-electron chi connectivity index (χ1n) is 5.59. The van der Waals surface area contributed by atoms with E-state index < -0.39 is 4.92 Å². The summed E-state index contributed by atoms with van der Waals surface area (Å²) in [5.41, 5.74) is 1.66. The predicted molar refractivity (Wildman–Crippen MR) is 79.6 cm³/mol. The molecule has 0 aliphatic rings. The van der Waals surface area contributed by atoms with Crippen molar-refractivity contribution in [2.75, 3.05) is 5.32 Å². The lowest BCUT2D eigenvalue weighted by Gasteiger charge is -2.01. The normalized spacial score (nSPS) is 10.4. The zero-order valence-corrected chi connectivity index (χ0v) is 11.6. The van der Waals surface area contributed by atoms with Crippen LogP contribution in [0, 0.1) is 10.1 Å². The molecule has 1 N–H and O–H groups in total. The van der Waals surface area contributed by atoms with Gasteiger partial charge in [-0.05, 0) is 12.1 Å². The van der Waals surface area contributed by atoms with Gasteiger partial charge in [0.05, 0.1) is 4.92 Å². The molecule has 0 saturated carbocycles. The highest BCUT2D eigenvalue weighted by molar-refractivity contribution is 7.15. The van der Waals surface area contributed by atoms with Gasteiger partial charge in [-0.25, -0.2) is 9.97 Å². The minimum atomic E-state index is -0.423. The monoisotopic (exact) mass is 304 g/mol. The molecular weight excluding hydrogens is 296 g/mol. The summed E-state index contributed by atoms with van der Waals surface area (Å²) in [7, 11) is 0. The van der Waals surface area contributed by atoms with Gasteiger partial charge >= 0.3 is 0 Å². The van der Waals surface area contributed by atoms with Crippen LogP contribution in [0.25, 0.3) is 10.7 Å². The number of nitrogens with one attached hydrogen (secondary N) is 1. The van der Waals surface area contributed by atoms with Gasteiger partial charge in [0, 0.05) is 34.8 Å². The molecule has 100 valence electrons. The summed E-state index contributed by atoms with van der Waals surface area (Å²) in [6.07, 6.45) is 1.74. The van der Waals surface area contributed by atoms with E-state index in [1.54, 1.807) is 18.3 Å². The van der Waals surface area contributed by atoms with Crippen molar-refractivity contribution in [2.45, 2.75) is 0 Å². The molecule has 2 heterocycles. The van der Waals surface area contributed by atoms with Gasteiger partial charge in [0.25, 0.3) is 5.69 Å². The van der Waals surface area contributed by atoms with Gasteiger partial charge < -0.3 is 5.32 Å². The number of anilines is 2. The van der Waals surface area contributed by atoms with Crippen molar-refractivity contribution in [1.82, 2.24) is 9.97 Å². The number of nitrogens with zero attached hydrogens (tertiary/aromatic N) is 3. The zero-order chi connectivity index (χ0) is 13.9. The molecule has 1 aromatic carbocycles. The van der Waals surface area contributed by atoms with Gasteiger partial charge in [-0.3, -0.25) is 10.1 Å². The molecule has 0 fully saturated rings. The number of aromatic nitrogens is 2. The fourth-order valence-corrected chi connectivity index (χ4v) is 2.96. The molecule has 0 aliphatic carbocycles. The molecular formula is C12H8N4O2S2. The number of non-ortho nitro benzene ring substituents is 1. The molecule has 0 aliphatic heterocycles. The standard InChI is InChI=1S/C12H8N4O2S2/c17-16(18)9-3-1-8(2-4-9)14-12-15-10(7-20-12)11-13-5-6-19-11/h1-7H,(H,14,15). The lowest BCUT2D eigenvalue weighted by atomic mass is 10.3. The first-order chi connectivity index (χ1) is 9.72. The Morgan fingerprint density at radius 1 is 1.20 bits per heavy atom. The van der Waals surface area contributed by atoms with Gasteiger partial charge in [-0.2, -0.15) is 0 Å². The second kappa shape index (κ2) is 5.35. The first-order valence-corrected chi connectivity index (χ1v) is 7.35. The molecule has 3 aromatic rings. The van der Waals surface area contributed by atoms with E-state index in [0.29, 0.717) is 0 Å². The number of benzene rings is 1. The van der Waals surface area contributed by atoms with Crippen LogP contribution in [0.4, 0.5) is 16.5 Å². The number of nitro groups is 1. The third-order valence-corrected chi connectivity index (χ3v) is 4.04. The quantitative estimate of drug-likeness (QED) is 0.583. The smallest absolute Gasteiger partial charge is 0.269 e. The SMILES string of the molecule is O=[N+]([O-])c1ccc(Nc2nc(-c3nccs3)cs2)cc1. The minimum Gasteiger partial charge on any atom is -0.332 e. The molecule has 20 heavy (non-hydrogen) atoms. The topological polar surface area (TPSA) is 81.0 Å². The highest BCUT2D eigenvalue weighted by Gasteiger charge is 2.08. The maximum Gasteiger partial charge on any atom is 0.269 e. The molecule has 0 unspecified atom stereocenters. The van der Waals surface area contributed by atoms with Gasteiger partial charge in [0.15, 0.2) is 5.13 Å². The molecule has 0 spiro atoms. The third-order valence-electron chi connectivity index (χ3n) is 2.49. The highest BCUT2D eigenvalue weighted by Crippen LogP contribution is 2.28. The second-order valence-electron chi connectivity index (χ2n) is 3.80. The van der Waals surface area contributed by atoms with Crippen LogP contribution < -0.4 is 5.32 Å². The maximum absolute atomic E-state index is 10.6. The minimum absolute atomic E-state index is 0.0677. The molecule has 2 aromatic heterocycles. The van der Waals surface area contributed by atoms with E-state index in [2.05, 4.69) is 15.3 Å². The van der Waals surface area contributed by atoms with Crippen molar-refractivity contribution in [3.8, 4) is 10.7 Å². The Labute approximate surface area is 121 Å². The van der Waals surface area contributed by atoms with Gasteiger partial charge in [-0.1, -0.05) is 0 Å². The molecule has 6 nitrogen and oxygen atoms in total. The Morgan fingerprint density at radius 2 is 2.00 bits per heavy atom. The fraction of sp³-hybridized carbons (Fsp3) is 0.